The predicted molar refractivity (Wildman–Crippen MR) is 99.2 cm³/mol. The lowest BCUT2D eigenvalue weighted by molar-refractivity contribution is -0.273. The summed E-state index contributed by atoms with van der Waals surface area (Å²) in [6, 6.07) is 0. The molecule has 0 aromatic heterocycles. The smallest absolute Gasteiger partial charge is 0.319 e. The van der Waals surface area contributed by atoms with Gasteiger partial charge in [-0.2, -0.15) is 0 Å². The number of ether oxygens (including phenoxy) is 2. The predicted octanol–water partition coefficient (Wildman–Crippen LogP) is -1.58. The molecule has 0 aromatic carbocycles. The van der Waals surface area contributed by atoms with Gasteiger partial charge in [-0.3, -0.25) is 24.3 Å². The highest BCUT2D eigenvalue weighted by molar-refractivity contribution is 5.71. The minimum atomic E-state index is -0.266. The summed E-state index contributed by atoms with van der Waals surface area (Å²) >= 11 is 0. The molecule has 1 fully saturated rings. The van der Waals surface area contributed by atoms with Crippen LogP contribution >= 0.6 is 0 Å². The van der Waals surface area contributed by atoms with Gasteiger partial charge in [0.1, 0.15) is 0 Å². The molecular weight excluding hydrogens is 356 g/mol. The fourth-order valence-corrected chi connectivity index (χ4v) is 2.78. The highest BCUT2D eigenvalue weighted by atomic mass is 17.2. The van der Waals surface area contributed by atoms with Crippen LogP contribution < -0.4 is 5.32 Å². The van der Waals surface area contributed by atoms with Gasteiger partial charge >= 0.3 is 11.9 Å². The lowest BCUT2D eigenvalue weighted by atomic mass is 10.3. The first-order valence-corrected chi connectivity index (χ1v) is 9.26. The molecule has 0 spiro atoms. The van der Waals surface area contributed by atoms with Crippen LogP contribution in [0.1, 0.15) is 0 Å². The fraction of sp³-hybridized carbons (Fsp3) is 0.882. The number of rotatable bonds is 8. The zero-order valence-corrected chi connectivity index (χ0v) is 16.8. The van der Waals surface area contributed by atoms with E-state index in [0.29, 0.717) is 26.2 Å². The van der Waals surface area contributed by atoms with Crippen molar-refractivity contribution in [2.24, 2.45) is 0 Å². The summed E-state index contributed by atoms with van der Waals surface area (Å²) in [6.07, 6.45) is 0. The van der Waals surface area contributed by atoms with Gasteiger partial charge in [0.2, 0.25) is 0 Å². The summed E-state index contributed by atoms with van der Waals surface area (Å²) in [7, 11) is 4.28. The number of esters is 2. The third kappa shape index (κ3) is 11.2. The standard InChI is InChI=1S/C17H34N4O6/c1-24-16(22)14-20-7-5-18-4-6-19(12-13-27-26-3)8-9-21(11-10-20)15-17(23)25-2/h18H,4-15H2,1-3H3. The van der Waals surface area contributed by atoms with Crippen LogP contribution in [0.15, 0.2) is 0 Å². The number of hydrogen-bond donors (Lipinski definition) is 1. The van der Waals surface area contributed by atoms with Crippen LogP contribution in [0.3, 0.4) is 0 Å². The van der Waals surface area contributed by atoms with E-state index in [0.717, 1.165) is 39.3 Å². The molecule has 10 nitrogen and oxygen atoms in total. The number of hydrogen-bond acceptors (Lipinski definition) is 10. The van der Waals surface area contributed by atoms with Gasteiger partial charge < -0.3 is 14.8 Å². The van der Waals surface area contributed by atoms with E-state index >= 15 is 0 Å². The highest BCUT2D eigenvalue weighted by Gasteiger charge is 2.17. The molecule has 0 unspecified atom stereocenters. The van der Waals surface area contributed by atoms with Crippen molar-refractivity contribution in [2.45, 2.75) is 0 Å². The van der Waals surface area contributed by atoms with Crippen LogP contribution in [0.4, 0.5) is 0 Å². The summed E-state index contributed by atoms with van der Waals surface area (Å²) in [6.45, 7) is 7.73. The Hall–Kier alpha value is -1.30. The zero-order chi connectivity index (χ0) is 19.9. The second-order valence-corrected chi connectivity index (χ2v) is 6.28. The van der Waals surface area contributed by atoms with E-state index in [1.54, 1.807) is 0 Å². The first kappa shape index (κ1) is 23.7. The van der Waals surface area contributed by atoms with Crippen molar-refractivity contribution < 1.29 is 28.8 Å². The first-order chi connectivity index (χ1) is 13.1. The van der Waals surface area contributed by atoms with E-state index in [1.165, 1.54) is 21.3 Å². The van der Waals surface area contributed by atoms with Crippen molar-refractivity contribution in [3.63, 3.8) is 0 Å². The van der Waals surface area contributed by atoms with Gasteiger partial charge in [0, 0.05) is 58.9 Å². The Morgan fingerprint density at radius 1 is 0.778 bits per heavy atom. The average molecular weight is 390 g/mol. The van der Waals surface area contributed by atoms with Gasteiger partial charge in [-0.15, -0.1) is 0 Å². The molecule has 1 aliphatic rings. The van der Waals surface area contributed by atoms with Crippen LogP contribution in [0.25, 0.3) is 0 Å². The summed E-state index contributed by atoms with van der Waals surface area (Å²) in [5, 5.41) is 3.40. The van der Waals surface area contributed by atoms with E-state index in [2.05, 4.69) is 20.0 Å². The lowest BCUT2D eigenvalue weighted by Crippen LogP contribution is -2.47. The van der Waals surface area contributed by atoms with E-state index < -0.39 is 0 Å². The number of carbonyl (C=O) groups excluding carboxylic acids is 2. The van der Waals surface area contributed by atoms with Gasteiger partial charge in [-0.05, 0) is 0 Å². The second kappa shape index (κ2) is 14.7. The molecule has 1 heterocycles. The van der Waals surface area contributed by atoms with Crippen molar-refractivity contribution in [1.82, 2.24) is 20.0 Å². The molecule has 1 saturated heterocycles. The molecule has 0 aliphatic carbocycles. The van der Waals surface area contributed by atoms with Crippen LogP contribution in [0, 0.1) is 0 Å². The Morgan fingerprint density at radius 2 is 1.26 bits per heavy atom. The van der Waals surface area contributed by atoms with Crippen molar-refractivity contribution in [1.29, 1.82) is 0 Å². The maximum absolute atomic E-state index is 11.7. The molecule has 0 saturated carbocycles. The van der Waals surface area contributed by atoms with Crippen molar-refractivity contribution in [3.8, 4) is 0 Å². The SMILES string of the molecule is COOCCN1CCNCCN(CC(=O)OC)CCN(CC(=O)OC)CC1. The van der Waals surface area contributed by atoms with E-state index in [4.69, 9.17) is 14.4 Å². The summed E-state index contributed by atoms with van der Waals surface area (Å²) in [5.74, 6) is -0.525. The Labute approximate surface area is 161 Å². The number of carbonyl (C=O) groups is 2. The summed E-state index contributed by atoms with van der Waals surface area (Å²) in [4.78, 5) is 39.4. The third-order valence-corrected chi connectivity index (χ3v) is 4.44. The molecule has 0 radical (unpaired) electrons. The van der Waals surface area contributed by atoms with Gasteiger partial charge in [0.15, 0.2) is 0 Å². The minimum absolute atomic E-state index is 0.225. The molecule has 0 bridgehead atoms. The molecule has 1 aliphatic heterocycles. The number of nitrogens with zero attached hydrogens (tertiary/aromatic N) is 3. The van der Waals surface area contributed by atoms with Gasteiger partial charge in [0.25, 0.3) is 0 Å². The molecular formula is C17H34N4O6. The molecule has 0 amide bonds. The maximum atomic E-state index is 11.7. The van der Waals surface area contributed by atoms with E-state index in [1.807, 2.05) is 4.90 Å². The van der Waals surface area contributed by atoms with Gasteiger partial charge in [-0.1, -0.05) is 0 Å². The summed E-state index contributed by atoms with van der Waals surface area (Å²) in [5.41, 5.74) is 0. The molecule has 158 valence electrons. The largest absolute Gasteiger partial charge is 0.468 e. The van der Waals surface area contributed by atoms with Crippen molar-refractivity contribution >= 4 is 11.9 Å². The molecule has 27 heavy (non-hydrogen) atoms. The van der Waals surface area contributed by atoms with Gasteiger partial charge in [-0.25, -0.2) is 9.78 Å². The van der Waals surface area contributed by atoms with Crippen LogP contribution in [-0.2, 0) is 28.8 Å². The molecule has 0 atom stereocenters. The highest BCUT2D eigenvalue weighted by Crippen LogP contribution is 1.99. The zero-order valence-electron chi connectivity index (χ0n) is 16.8. The Kier molecular flexibility index (Phi) is 12.9. The summed E-state index contributed by atoms with van der Waals surface area (Å²) < 4.78 is 9.59. The third-order valence-electron chi connectivity index (χ3n) is 4.44. The van der Waals surface area contributed by atoms with Crippen LogP contribution in [0.2, 0.25) is 0 Å². The molecule has 0 aromatic rings. The first-order valence-electron chi connectivity index (χ1n) is 9.26. The van der Waals surface area contributed by atoms with E-state index in [-0.39, 0.29) is 25.0 Å². The quantitative estimate of drug-likeness (QED) is 0.227. The van der Waals surface area contributed by atoms with E-state index in [9.17, 15) is 9.59 Å². The average Bonchev–Trinajstić information content (AvgIpc) is 2.67. The second-order valence-electron chi connectivity index (χ2n) is 6.28. The number of nitrogens with one attached hydrogen (secondary N) is 1. The van der Waals surface area contributed by atoms with Gasteiger partial charge in [0.05, 0.1) is 41.0 Å². The molecule has 10 heteroatoms. The fourth-order valence-electron chi connectivity index (χ4n) is 2.78. The van der Waals surface area contributed by atoms with Crippen molar-refractivity contribution in [3.05, 3.63) is 0 Å². The molecule has 1 N–H and O–H groups in total. The normalized spacial score (nSPS) is 19.1. The topological polar surface area (TPSA) is 92.8 Å². The van der Waals surface area contributed by atoms with Crippen molar-refractivity contribution in [2.75, 3.05) is 99.9 Å². The number of methoxy groups -OCH3 is 2. The maximum Gasteiger partial charge on any atom is 0.319 e. The minimum Gasteiger partial charge on any atom is -0.468 e. The van der Waals surface area contributed by atoms with Crippen LogP contribution in [-0.4, -0.2) is 127 Å². The Bertz CT molecular complexity index is 426. The Morgan fingerprint density at radius 3 is 1.78 bits per heavy atom. The monoisotopic (exact) mass is 390 g/mol. The Balaban J connectivity index is 2.66. The lowest BCUT2D eigenvalue weighted by Gasteiger charge is -2.30. The van der Waals surface area contributed by atoms with Crippen LogP contribution in [0.5, 0.6) is 0 Å². The molecule has 1 rings (SSSR count).